The smallest absolute Gasteiger partial charge is 0.253 e. The first-order valence-corrected chi connectivity index (χ1v) is 6.73. The highest BCUT2D eigenvalue weighted by atomic mass is 16.1. The number of carbonyl (C=O) groups excluding carboxylic acids is 1. The van der Waals surface area contributed by atoms with Crippen LogP contribution in [0, 0.1) is 18.8 Å². The standard InChI is InChI=1S/C15H22N2O/c1-10-5-3-7-12(10)9-17-15(18)13-8-4-6-11(2)14(13)16/h4,6,8,10,12H,3,5,7,9,16H2,1-2H3,(H,17,18). The summed E-state index contributed by atoms with van der Waals surface area (Å²) in [6.45, 7) is 4.96. The molecule has 0 aliphatic heterocycles. The van der Waals surface area contributed by atoms with Crippen LogP contribution in [0.3, 0.4) is 0 Å². The van der Waals surface area contributed by atoms with Crippen molar-refractivity contribution in [1.29, 1.82) is 0 Å². The van der Waals surface area contributed by atoms with Crippen LogP contribution in [0.5, 0.6) is 0 Å². The molecule has 0 heterocycles. The molecule has 1 fully saturated rings. The lowest BCUT2D eigenvalue weighted by atomic mass is 9.98. The van der Waals surface area contributed by atoms with Crippen molar-refractivity contribution < 1.29 is 4.79 Å². The SMILES string of the molecule is Cc1cccc(C(=O)NCC2CCCC2C)c1N. The lowest BCUT2D eigenvalue weighted by Crippen LogP contribution is -2.30. The Morgan fingerprint density at radius 3 is 2.89 bits per heavy atom. The number of aryl methyl sites for hydroxylation is 1. The maximum Gasteiger partial charge on any atom is 0.253 e. The normalized spacial score (nSPS) is 23.0. The summed E-state index contributed by atoms with van der Waals surface area (Å²) in [4.78, 5) is 12.1. The molecule has 18 heavy (non-hydrogen) atoms. The zero-order valence-corrected chi connectivity index (χ0v) is 11.2. The highest BCUT2D eigenvalue weighted by Crippen LogP contribution is 2.30. The molecule has 2 atom stereocenters. The predicted molar refractivity (Wildman–Crippen MR) is 74.4 cm³/mol. The highest BCUT2D eigenvalue weighted by molar-refractivity contribution is 5.99. The van der Waals surface area contributed by atoms with E-state index in [0.29, 0.717) is 17.2 Å². The van der Waals surface area contributed by atoms with E-state index < -0.39 is 0 Å². The zero-order valence-electron chi connectivity index (χ0n) is 11.2. The lowest BCUT2D eigenvalue weighted by Gasteiger charge is -2.16. The van der Waals surface area contributed by atoms with Gasteiger partial charge >= 0.3 is 0 Å². The van der Waals surface area contributed by atoms with Crippen LogP contribution in [0.1, 0.15) is 42.1 Å². The number of carbonyl (C=O) groups is 1. The van der Waals surface area contributed by atoms with Gasteiger partial charge in [-0.2, -0.15) is 0 Å². The second-order valence-electron chi connectivity index (χ2n) is 5.41. The Kier molecular flexibility index (Phi) is 3.90. The first kappa shape index (κ1) is 12.9. The molecule has 1 saturated carbocycles. The molecule has 3 N–H and O–H groups in total. The molecule has 2 rings (SSSR count). The average molecular weight is 246 g/mol. The number of nitrogen functional groups attached to an aromatic ring is 1. The molecule has 1 aliphatic carbocycles. The topological polar surface area (TPSA) is 55.1 Å². The van der Waals surface area contributed by atoms with Crippen molar-refractivity contribution in [3.63, 3.8) is 0 Å². The van der Waals surface area contributed by atoms with Gasteiger partial charge in [0, 0.05) is 12.2 Å². The first-order chi connectivity index (χ1) is 8.59. The molecule has 1 aliphatic rings. The maximum absolute atomic E-state index is 12.1. The van der Waals surface area contributed by atoms with E-state index in [1.165, 1.54) is 19.3 Å². The molecule has 0 spiro atoms. The van der Waals surface area contributed by atoms with Crippen LogP contribution in [0.4, 0.5) is 5.69 Å². The Morgan fingerprint density at radius 1 is 1.44 bits per heavy atom. The van der Waals surface area contributed by atoms with Gasteiger partial charge in [0.1, 0.15) is 0 Å². The number of para-hydroxylation sites is 1. The number of anilines is 1. The lowest BCUT2D eigenvalue weighted by molar-refractivity contribution is 0.0945. The molecule has 1 aromatic rings. The molecule has 0 radical (unpaired) electrons. The molecule has 2 unspecified atom stereocenters. The Bertz CT molecular complexity index is 442. The van der Waals surface area contributed by atoms with Gasteiger partial charge in [-0.15, -0.1) is 0 Å². The van der Waals surface area contributed by atoms with Crippen LogP contribution in [0.2, 0.25) is 0 Å². The number of rotatable bonds is 3. The average Bonchev–Trinajstić information content (AvgIpc) is 2.75. The molecular weight excluding hydrogens is 224 g/mol. The number of hydrogen-bond acceptors (Lipinski definition) is 2. The van der Waals surface area contributed by atoms with Crippen LogP contribution < -0.4 is 11.1 Å². The van der Waals surface area contributed by atoms with Gasteiger partial charge < -0.3 is 11.1 Å². The van der Waals surface area contributed by atoms with Crippen molar-refractivity contribution in [3.05, 3.63) is 29.3 Å². The van der Waals surface area contributed by atoms with E-state index in [1.807, 2.05) is 19.1 Å². The van der Waals surface area contributed by atoms with Crippen LogP contribution in [0.25, 0.3) is 0 Å². The molecule has 3 heteroatoms. The Balaban J connectivity index is 1.97. The summed E-state index contributed by atoms with van der Waals surface area (Å²) < 4.78 is 0. The van der Waals surface area contributed by atoms with Gasteiger partial charge in [-0.25, -0.2) is 0 Å². The van der Waals surface area contributed by atoms with Gasteiger partial charge in [-0.3, -0.25) is 4.79 Å². The number of hydrogen-bond donors (Lipinski definition) is 2. The second kappa shape index (κ2) is 5.42. The van der Waals surface area contributed by atoms with E-state index in [9.17, 15) is 4.79 Å². The number of benzene rings is 1. The minimum atomic E-state index is -0.0460. The summed E-state index contributed by atoms with van der Waals surface area (Å²) in [5, 5.41) is 3.02. The van der Waals surface area contributed by atoms with Crippen LogP contribution in [-0.4, -0.2) is 12.5 Å². The van der Waals surface area contributed by atoms with Gasteiger partial charge in [0.05, 0.1) is 5.56 Å². The molecule has 0 aromatic heterocycles. The van der Waals surface area contributed by atoms with Gasteiger partial charge in [0.25, 0.3) is 5.91 Å². The third-order valence-electron chi connectivity index (χ3n) is 4.13. The Hall–Kier alpha value is -1.51. The van der Waals surface area contributed by atoms with Gasteiger partial charge in [-0.05, 0) is 36.8 Å². The largest absolute Gasteiger partial charge is 0.398 e. The van der Waals surface area contributed by atoms with Gasteiger partial charge in [0.15, 0.2) is 0 Å². The highest BCUT2D eigenvalue weighted by Gasteiger charge is 2.23. The number of nitrogens with two attached hydrogens (primary N) is 1. The Labute approximate surface area is 109 Å². The van der Waals surface area contributed by atoms with Crippen molar-refractivity contribution >= 4 is 11.6 Å². The van der Waals surface area contributed by atoms with Gasteiger partial charge in [-0.1, -0.05) is 31.9 Å². The summed E-state index contributed by atoms with van der Waals surface area (Å²) >= 11 is 0. The van der Waals surface area contributed by atoms with E-state index in [1.54, 1.807) is 6.07 Å². The molecule has 1 amide bonds. The summed E-state index contributed by atoms with van der Waals surface area (Å²) in [7, 11) is 0. The van der Waals surface area contributed by atoms with E-state index in [2.05, 4.69) is 12.2 Å². The van der Waals surface area contributed by atoms with Crippen molar-refractivity contribution in [2.45, 2.75) is 33.1 Å². The predicted octanol–water partition coefficient (Wildman–Crippen LogP) is 2.74. The molecule has 0 saturated heterocycles. The van der Waals surface area contributed by atoms with Crippen molar-refractivity contribution in [1.82, 2.24) is 5.32 Å². The minimum Gasteiger partial charge on any atom is -0.398 e. The molecule has 1 aromatic carbocycles. The number of nitrogens with one attached hydrogen (secondary N) is 1. The second-order valence-corrected chi connectivity index (χ2v) is 5.41. The van der Waals surface area contributed by atoms with Crippen LogP contribution in [0.15, 0.2) is 18.2 Å². The molecule has 0 bridgehead atoms. The monoisotopic (exact) mass is 246 g/mol. The summed E-state index contributed by atoms with van der Waals surface area (Å²) in [5.41, 5.74) is 8.08. The van der Waals surface area contributed by atoms with E-state index in [-0.39, 0.29) is 5.91 Å². The van der Waals surface area contributed by atoms with E-state index >= 15 is 0 Å². The third kappa shape index (κ3) is 2.66. The molecule has 98 valence electrons. The van der Waals surface area contributed by atoms with E-state index in [4.69, 9.17) is 5.73 Å². The van der Waals surface area contributed by atoms with Crippen LogP contribution >= 0.6 is 0 Å². The van der Waals surface area contributed by atoms with E-state index in [0.717, 1.165) is 18.0 Å². The quantitative estimate of drug-likeness (QED) is 0.806. The number of amides is 1. The fraction of sp³-hybridized carbons (Fsp3) is 0.533. The summed E-state index contributed by atoms with van der Waals surface area (Å²) in [5.74, 6) is 1.30. The van der Waals surface area contributed by atoms with Crippen molar-refractivity contribution in [2.24, 2.45) is 11.8 Å². The summed E-state index contributed by atoms with van der Waals surface area (Å²) in [6.07, 6.45) is 3.80. The first-order valence-electron chi connectivity index (χ1n) is 6.73. The Morgan fingerprint density at radius 2 is 2.22 bits per heavy atom. The van der Waals surface area contributed by atoms with Crippen LogP contribution in [-0.2, 0) is 0 Å². The maximum atomic E-state index is 12.1. The molecule has 3 nitrogen and oxygen atoms in total. The molecular formula is C15H22N2O. The van der Waals surface area contributed by atoms with Crippen molar-refractivity contribution in [3.8, 4) is 0 Å². The fourth-order valence-electron chi connectivity index (χ4n) is 2.72. The fourth-order valence-corrected chi connectivity index (χ4v) is 2.72. The van der Waals surface area contributed by atoms with Gasteiger partial charge in [0.2, 0.25) is 0 Å². The summed E-state index contributed by atoms with van der Waals surface area (Å²) in [6, 6.07) is 5.58. The zero-order chi connectivity index (χ0) is 13.1. The van der Waals surface area contributed by atoms with Crippen molar-refractivity contribution in [2.75, 3.05) is 12.3 Å². The minimum absolute atomic E-state index is 0.0460. The third-order valence-corrected chi connectivity index (χ3v) is 4.13.